The third kappa shape index (κ3) is 2.50. The van der Waals surface area contributed by atoms with Crippen LogP contribution in [0, 0.1) is 5.41 Å². The summed E-state index contributed by atoms with van der Waals surface area (Å²) in [5.41, 5.74) is 3.65. The van der Waals surface area contributed by atoms with E-state index in [1.807, 2.05) is 30.3 Å². The van der Waals surface area contributed by atoms with E-state index in [9.17, 15) is 0 Å². The van der Waals surface area contributed by atoms with Crippen molar-refractivity contribution in [2.45, 2.75) is 19.4 Å². The van der Waals surface area contributed by atoms with Gasteiger partial charge in [0.25, 0.3) is 0 Å². The van der Waals surface area contributed by atoms with Gasteiger partial charge in [-0.25, -0.2) is 0 Å². The van der Waals surface area contributed by atoms with E-state index in [1.54, 1.807) is 0 Å². The topological polar surface area (TPSA) is 24.7 Å². The van der Waals surface area contributed by atoms with Crippen molar-refractivity contribution < 1.29 is 0 Å². The Bertz CT molecular complexity index is 900. The third-order valence-electron chi connectivity index (χ3n) is 5.34. The summed E-state index contributed by atoms with van der Waals surface area (Å²) < 4.78 is 0. The minimum atomic E-state index is -0.532. The molecule has 1 aliphatic rings. The first-order valence-electron chi connectivity index (χ1n) is 8.96. The van der Waals surface area contributed by atoms with Crippen LogP contribution in [0.5, 0.6) is 0 Å². The minimum absolute atomic E-state index is 0.286. The fourth-order valence-electron chi connectivity index (χ4n) is 3.84. The highest BCUT2D eigenvalue weighted by Crippen LogP contribution is 2.57. The van der Waals surface area contributed by atoms with Crippen LogP contribution in [0.4, 0.5) is 0 Å². The quantitative estimate of drug-likeness (QED) is 0.523. The van der Waals surface area contributed by atoms with Crippen LogP contribution < -0.4 is 0 Å². The number of benzene rings is 3. The lowest BCUT2D eigenvalue weighted by atomic mass is 9.64. The fourth-order valence-corrected chi connectivity index (χ4v) is 3.84. The summed E-state index contributed by atoms with van der Waals surface area (Å²) in [7, 11) is 0. The van der Waals surface area contributed by atoms with Crippen LogP contribution in [0.2, 0.25) is 0 Å². The van der Waals surface area contributed by atoms with Crippen LogP contribution in [0.3, 0.4) is 0 Å². The largest absolute Gasteiger partial charge is 0.171 e. The average molecular weight is 338 g/mol. The SMILES string of the molecule is CC1(C)C(=Cc2ccccc2)N=NC1(c1ccccc1)c1ccccc1. The van der Waals surface area contributed by atoms with Gasteiger partial charge in [0, 0.05) is 5.41 Å². The highest BCUT2D eigenvalue weighted by atomic mass is 15.2. The number of rotatable bonds is 3. The molecule has 0 aromatic heterocycles. The van der Waals surface area contributed by atoms with Crippen molar-refractivity contribution in [1.29, 1.82) is 0 Å². The van der Waals surface area contributed by atoms with Crippen molar-refractivity contribution in [2.75, 3.05) is 0 Å². The van der Waals surface area contributed by atoms with Crippen LogP contribution in [-0.4, -0.2) is 0 Å². The van der Waals surface area contributed by atoms with Gasteiger partial charge in [0.15, 0.2) is 0 Å². The Morgan fingerprint density at radius 1 is 0.654 bits per heavy atom. The fraction of sp³-hybridized carbons (Fsp3) is 0.167. The summed E-state index contributed by atoms with van der Waals surface area (Å²) in [6.07, 6.45) is 2.15. The third-order valence-corrected chi connectivity index (χ3v) is 5.34. The second kappa shape index (κ2) is 6.38. The Labute approximate surface area is 154 Å². The zero-order valence-corrected chi connectivity index (χ0v) is 15.1. The molecule has 3 aromatic carbocycles. The molecule has 0 saturated carbocycles. The van der Waals surface area contributed by atoms with Crippen molar-refractivity contribution in [3.63, 3.8) is 0 Å². The molecule has 0 N–H and O–H groups in total. The lowest BCUT2D eigenvalue weighted by molar-refractivity contribution is 0.290. The van der Waals surface area contributed by atoms with Gasteiger partial charge in [-0.15, -0.1) is 0 Å². The summed E-state index contributed by atoms with van der Waals surface area (Å²) in [5, 5.41) is 9.57. The molecule has 3 aromatic rings. The summed E-state index contributed by atoms with van der Waals surface area (Å²) in [5.74, 6) is 0. The number of azo groups is 1. The van der Waals surface area contributed by atoms with Crippen LogP contribution >= 0.6 is 0 Å². The Balaban J connectivity index is 1.91. The second-order valence-electron chi connectivity index (χ2n) is 7.21. The predicted octanol–water partition coefficient (Wildman–Crippen LogP) is 6.46. The van der Waals surface area contributed by atoms with E-state index >= 15 is 0 Å². The van der Waals surface area contributed by atoms with Gasteiger partial charge in [-0.3, -0.25) is 0 Å². The molecule has 0 bridgehead atoms. The van der Waals surface area contributed by atoms with Gasteiger partial charge in [-0.2, -0.15) is 10.2 Å². The van der Waals surface area contributed by atoms with Gasteiger partial charge in [0.2, 0.25) is 0 Å². The predicted molar refractivity (Wildman–Crippen MR) is 107 cm³/mol. The second-order valence-corrected chi connectivity index (χ2v) is 7.21. The standard InChI is InChI=1S/C24H22N2/c1-23(2)22(18-19-12-6-3-7-13-19)25-26-24(23,20-14-8-4-9-15-20)21-16-10-5-11-17-21/h3-18H,1-2H3. The molecule has 0 unspecified atom stereocenters. The van der Waals surface area contributed by atoms with Crippen molar-refractivity contribution in [3.8, 4) is 0 Å². The van der Waals surface area contributed by atoms with Crippen LogP contribution in [0.15, 0.2) is 107 Å². The summed E-state index contributed by atoms with van der Waals surface area (Å²) in [6.45, 7) is 4.48. The van der Waals surface area contributed by atoms with Gasteiger partial charge in [-0.05, 0) is 22.8 Å². The molecule has 128 valence electrons. The van der Waals surface area contributed by atoms with E-state index in [1.165, 1.54) is 0 Å². The maximum Gasteiger partial charge on any atom is 0.142 e. The molecule has 26 heavy (non-hydrogen) atoms. The number of hydrogen-bond donors (Lipinski definition) is 0. The lowest BCUT2D eigenvalue weighted by Crippen LogP contribution is -2.39. The minimum Gasteiger partial charge on any atom is -0.171 e. The van der Waals surface area contributed by atoms with Crippen LogP contribution in [0.25, 0.3) is 6.08 Å². The van der Waals surface area contributed by atoms with Gasteiger partial charge in [-0.1, -0.05) is 105 Å². The molecule has 0 radical (unpaired) electrons. The van der Waals surface area contributed by atoms with Gasteiger partial charge in [0.1, 0.15) is 5.54 Å². The molecule has 2 heteroatoms. The first-order chi connectivity index (χ1) is 12.6. The molecule has 1 heterocycles. The molecule has 2 nitrogen and oxygen atoms in total. The Kier molecular flexibility index (Phi) is 4.04. The van der Waals surface area contributed by atoms with E-state index in [-0.39, 0.29) is 5.41 Å². The van der Waals surface area contributed by atoms with E-state index in [4.69, 9.17) is 5.11 Å². The van der Waals surface area contributed by atoms with Gasteiger partial charge in [0.05, 0.1) is 5.70 Å². The van der Waals surface area contributed by atoms with Crippen LogP contribution in [0.1, 0.15) is 30.5 Å². The van der Waals surface area contributed by atoms with Crippen molar-refractivity contribution in [2.24, 2.45) is 15.6 Å². The first-order valence-corrected chi connectivity index (χ1v) is 8.96. The molecule has 0 aliphatic carbocycles. The molecule has 1 aliphatic heterocycles. The number of nitrogens with zero attached hydrogens (tertiary/aromatic N) is 2. The normalized spacial score (nSPS) is 18.9. The lowest BCUT2D eigenvalue weighted by Gasteiger charge is -2.39. The summed E-state index contributed by atoms with van der Waals surface area (Å²) in [6, 6.07) is 31.3. The molecule has 0 amide bonds. The van der Waals surface area contributed by atoms with Gasteiger partial charge >= 0.3 is 0 Å². The monoisotopic (exact) mass is 338 g/mol. The summed E-state index contributed by atoms with van der Waals surface area (Å²) >= 11 is 0. The van der Waals surface area contributed by atoms with E-state index < -0.39 is 5.54 Å². The Morgan fingerprint density at radius 3 is 1.62 bits per heavy atom. The molecular formula is C24H22N2. The van der Waals surface area contributed by atoms with Crippen LogP contribution in [-0.2, 0) is 5.54 Å². The van der Waals surface area contributed by atoms with E-state index in [0.29, 0.717) is 0 Å². The molecule has 4 rings (SSSR count). The average Bonchev–Trinajstić information content (AvgIpc) is 2.95. The van der Waals surface area contributed by atoms with Crippen molar-refractivity contribution in [3.05, 3.63) is 113 Å². The van der Waals surface area contributed by atoms with Crippen molar-refractivity contribution in [1.82, 2.24) is 0 Å². The highest BCUT2D eigenvalue weighted by Gasteiger charge is 2.54. The molecule has 0 spiro atoms. The maximum absolute atomic E-state index is 4.89. The molecule has 0 fully saturated rings. The Morgan fingerprint density at radius 2 is 1.12 bits per heavy atom. The van der Waals surface area contributed by atoms with E-state index in [2.05, 4.69) is 85.7 Å². The maximum atomic E-state index is 4.89. The van der Waals surface area contributed by atoms with Gasteiger partial charge < -0.3 is 0 Å². The molecule has 0 atom stereocenters. The van der Waals surface area contributed by atoms with Crippen molar-refractivity contribution >= 4 is 6.08 Å². The first kappa shape index (κ1) is 16.5. The highest BCUT2D eigenvalue weighted by molar-refractivity contribution is 5.58. The summed E-state index contributed by atoms with van der Waals surface area (Å²) in [4.78, 5) is 0. The zero-order valence-electron chi connectivity index (χ0n) is 15.1. The smallest absolute Gasteiger partial charge is 0.142 e. The Hall–Kier alpha value is -3.00. The zero-order chi connectivity index (χ0) is 18.0. The molecular weight excluding hydrogens is 316 g/mol. The molecule has 0 saturated heterocycles. The number of hydrogen-bond acceptors (Lipinski definition) is 2. The van der Waals surface area contributed by atoms with E-state index in [0.717, 1.165) is 22.4 Å².